The smallest absolute Gasteiger partial charge is 0.328 e. The lowest BCUT2D eigenvalue weighted by Crippen LogP contribution is -2.51. The van der Waals surface area contributed by atoms with Gasteiger partial charge in [-0.15, -0.1) is 23.2 Å². The van der Waals surface area contributed by atoms with E-state index in [1.165, 1.54) is 6.92 Å². The van der Waals surface area contributed by atoms with E-state index in [9.17, 15) is 14.4 Å². The molecule has 7 nitrogen and oxygen atoms in total. The van der Waals surface area contributed by atoms with Gasteiger partial charge < -0.3 is 20.3 Å². The zero-order valence-corrected chi connectivity index (χ0v) is 18.6. The quantitative estimate of drug-likeness (QED) is 0.379. The Kier molecular flexibility index (Phi) is 11.5. The van der Waals surface area contributed by atoms with Crippen LogP contribution in [0.3, 0.4) is 0 Å². The SMILES string of the molecule is CCOC(=O)C(Cc1ccc(N(CCCl)CCCl)cc1)NC(=O)C(C)NC(C)=O. The minimum absolute atomic E-state index is 0.206. The van der Waals surface area contributed by atoms with Gasteiger partial charge in [0.2, 0.25) is 11.8 Å². The van der Waals surface area contributed by atoms with Crippen molar-refractivity contribution < 1.29 is 19.1 Å². The standard InChI is InChI=1S/C20H29Cl2N3O4/c1-4-29-20(28)18(24-19(27)14(2)23-15(3)26)13-16-5-7-17(8-6-16)25(11-9-21)12-10-22/h5-8,14,18H,4,9-13H2,1-3H3,(H,23,26)(H,24,27). The van der Waals surface area contributed by atoms with E-state index in [2.05, 4.69) is 15.5 Å². The number of hydrogen-bond donors (Lipinski definition) is 2. The Labute approximate surface area is 182 Å². The Bertz CT molecular complexity index is 664. The Balaban J connectivity index is 2.89. The van der Waals surface area contributed by atoms with E-state index in [0.717, 1.165) is 11.3 Å². The minimum Gasteiger partial charge on any atom is -0.464 e. The summed E-state index contributed by atoms with van der Waals surface area (Å²) in [5.74, 6) is -0.324. The van der Waals surface area contributed by atoms with Crippen molar-refractivity contribution in [3.05, 3.63) is 29.8 Å². The zero-order valence-electron chi connectivity index (χ0n) is 17.0. The van der Waals surface area contributed by atoms with Gasteiger partial charge in [0, 0.05) is 43.9 Å². The number of hydrogen-bond acceptors (Lipinski definition) is 5. The number of benzene rings is 1. The fraction of sp³-hybridized carbons (Fsp3) is 0.550. The number of anilines is 1. The molecule has 0 aromatic heterocycles. The molecule has 0 aliphatic carbocycles. The topological polar surface area (TPSA) is 87.7 Å². The molecule has 29 heavy (non-hydrogen) atoms. The van der Waals surface area contributed by atoms with Crippen LogP contribution in [0, 0.1) is 0 Å². The summed E-state index contributed by atoms with van der Waals surface area (Å²) in [6.07, 6.45) is 0.267. The Hall–Kier alpha value is -1.99. The van der Waals surface area contributed by atoms with E-state index < -0.39 is 24.0 Å². The lowest BCUT2D eigenvalue weighted by Gasteiger charge is -2.23. The molecule has 2 atom stereocenters. The highest BCUT2D eigenvalue weighted by atomic mass is 35.5. The number of nitrogens with zero attached hydrogens (tertiary/aromatic N) is 1. The fourth-order valence-corrected chi connectivity index (χ4v) is 3.16. The van der Waals surface area contributed by atoms with Crippen LogP contribution >= 0.6 is 23.2 Å². The second-order valence-corrected chi connectivity index (χ2v) is 7.23. The highest BCUT2D eigenvalue weighted by molar-refractivity contribution is 6.18. The summed E-state index contributed by atoms with van der Waals surface area (Å²) < 4.78 is 5.09. The average molecular weight is 446 g/mol. The first-order chi connectivity index (χ1) is 13.8. The van der Waals surface area contributed by atoms with Crippen LogP contribution in [-0.4, -0.2) is 61.3 Å². The molecule has 0 spiro atoms. The minimum atomic E-state index is -0.855. The van der Waals surface area contributed by atoms with Crippen molar-refractivity contribution in [3.63, 3.8) is 0 Å². The molecule has 0 radical (unpaired) electrons. The first kappa shape index (κ1) is 25.0. The van der Waals surface area contributed by atoms with Gasteiger partial charge in [-0.2, -0.15) is 0 Å². The third-order valence-corrected chi connectivity index (χ3v) is 4.49. The molecule has 1 aromatic carbocycles. The normalized spacial score (nSPS) is 12.6. The monoisotopic (exact) mass is 445 g/mol. The first-order valence-corrected chi connectivity index (χ1v) is 10.6. The number of nitrogens with one attached hydrogen (secondary N) is 2. The number of rotatable bonds is 12. The summed E-state index contributed by atoms with van der Waals surface area (Å²) in [6.45, 7) is 6.14. The Morgan fingerprint density at radius 1 is 1.07 bits per heavy atom. The molecule has 0 fully saturated rings. The molecule has 2 N–H and O–H groups in total. The van der Waals surface area contributed by atoms with Crippen LogP contribution in [0.15, 0.2) is 24.3 Å². The second kappa shape index (κ2) is 13.3. The number of amides is 2. The van der Waals surface area contributed by atoms with Gasteiger partial charge in [0.1, 0.15) is 12.1 Å². The number of ether oxygens (including phenoxy) is 1. The van der Waals surface area contributed by atoms with E-state index in [1.54, 1.807) is 13.8 Å². The van der Waals surface area contributed by atoms with Crippen molar-refractivity contribution in [1.82, 2.24) is 10.6 Å². The highest BCUT2D eigenvalue weighted by Gasteiger charge is 2.25. The van der Waals surface area contributed by atoms with Crippen molar-refractivity contribution in [3.8, 4) is 0 Å². The Morgan fingerprint density at radius 2 is 1.66 bits per heavy atom. The number of carbonyl (C=O) groups is 3. The van der Waals surface area contributed by atoms with Gasteiger partial charge >= 0.3 is 5.97 Å². The molecule has 9 heteroatoms. The molecule has 0 saturated heterocycles. The van der Waals surface area contributed by atoms with Gasteiger partial charge in [-0.25, -0.2) is 4.79 Å². The van der Waals surface area contributed by atoms with Crippen LogP contribution in [-0.2, 0) is 25.5 Å². The van der Waals surface area contributed by atoms with Gasteiger partial charge in [-0.3, -0.25) is 9.59 Å². The van der Waals surface area contributed by atoms with E-state index in [4.69, 9.17) is 27.9 Å². The van der Waals surface area contributed by atoms with Crippen LogP contribution in [0.25, 0.3) is 0 Å². The van der Waals surface area contributed by atoms with E-state index >= 15 is 0 Å². The van der Waals surface area contributed by atoms with Gasteiger partial charge in [0.05, 0.1) is 6.61 Å². The largest absolute Gasteiger partial charge is 0.464 e. The molecule has 162 valence electrons. The van der Waals surface area contributed by atoms with Gasteiger partial charge in [0.25, 0.3) is 0 Å². The molecular weight excluding hydrogens is 417 g/mol. The maximum Gasteiger partial charge on any atom is 0.328 e. The second-order valence-electron chi connectivity index (χ2n) is 6.47. The maximum atomic E-state index is 12.3. The predicted molar refractivity (Wildman–Crippen MR) is 116 cm³/mol. The lowest BCUT2D eigenvalue weighted by molar-refractivity contribution is -0.147. The van der Waals surface area contributed by atoms with Crippen molar-refractivity contribution in [2.45, 2.75) is 39.3 Å². The predicted octanol–water partition coefficient (Wildman–Crippen LogP) is 2.09. The van der Waals surface area contributed by atoms with Crippen LogP contribution in [0.2, 0.25) is 0 Å². The summed E-state index contributed by atoms with van der Waals surface area (Å²) >= 11 is 11.7. The number of alkyl halides is 2. The summed E-state index contributed by atoms with van der Waals surface area (Å²) in [4.78, 5) is 37.8. The van der Waals surface area contributed by atoms with E-state index in [0.29, 0.717) is 24.8 Å². The van der Waals surface area contributed by atoms with Gasteiger partial charge in [-0.1, -0.05) is 12.1 Å². The van der Waals surface area contributed by atoms with Crippen molar-refractivity contribution >= 4 is 46.7 Å². The molecule has 1 aromatic rings. The summed E-state index contributed by atoms with van der Waals surface area (Å²) in [7, 11) is 0. The zero-order chi connectivity index (χ0) is 21.8. The van der Waals surface area contributed by atoms with Gasteiger partial charge in [-0.05, 0) is 31.5 Å². The molecule has 1 rings (SSSR count). The van der Waals surface area contributed by atoms with Crippen molar-refractivity contribution in [2.75, 3.05) is 36.4 Å². The molecule has 0 bridgehead atoms. The molecule has 0 aliphatic rings. The van der Waals surface area contributed by atoms with Crippen LogP contribution in [0.1, 0.15) is 26.3 Å². The third kappa shape index (κ3) is 8.92. The Morgan fingerprint density at radius 3 is 2.14 bits per heavy atom. The van der Waals surface area contributed by atoms with Gasteiger partial charge in [0.15, 0.2) is 0 Å². The van der Waals surface area contributed by atoms with Crippen LogP contribution in [0.5, 0.6) is 0 Å². The highest BCUT2D eigenvalue weighted by Crippen LogP contribution is 2.17. The molecule has 0 saturated carbocycles. The third-order valence-electron chi connectivity index (χ3n) is 4.15. The van der Waals surface area contributed by atoms with E-state index in [1.807, 2.05) is 24.3 Å². The number of carbonyl (C=O) groups excluding carboxylic acids is 3. The maximum absolute atomic E-state index is 12.3. The number of esters is 1. The van der Waals surface area contributed by atoms with Crippen molar-refractivity contribution in [2.24, 2.45) is 0 Å². The molecular formula is C20H29Cl2N3O4. The lowest BCUT2D eigenvalue weighted by atomic mass is 10.0. The van der Waals surface area contributed by atoms with Crippen LogP contribution in [0.4, 0.5) is 5.69 Å². The first-order valence-electron chi connectivity index (χ1n) is 9.52. The summed E-state index contributed by atoms with van der Waals surface area (Å²) in [5.41, 5.74) is 1.84. The van der Waals surface area contributed by atoms with E-state index in [-0.39, 0.29) is 18.9 Å². The number of halogens is 2. The summed E-state index contributed by atoms with van der Waals surface area (Å²) in [5, 5.41) is 5.16. The fourth-order valence-electron chi connectivity index (χ4n) is 2.76. The molecule has 2 amide bonds. The summed E-state index contributed by atoms with van der Waals surface area (Å²) in [6, 6.07) is 6.02. The van der Waals surface area contributed by atoms with Crippen LogP contribution < -0.4 is 15.5 Å². The molecule has 0 aliphatic heterocycles. The average Bonchev–Trinajstić information content (AvgIpc) is 2.67. The molecule has 2 unspecified atom stereocenters. The van der Waals surface area contributed by atoms with Crippen molar-refractivity contribution in [1.29, 1.82) is 0 Å². The molecule has 0 heterocycles.